The Bertz CT molecular complexity index is 1410. The van der Waals surface area contributed by atoms with Gasteiger partial charge in [-0.2, -0.15) is 0 Å². The molecule has 0 aliphatic carbocycles. The SMILES string of the molecule is COc1cc(/C=C2\N=C(c3cccc([N+](=O)[O-])c3)OC2=O)cc(I)c1OC(=O)c1ccc(C)cc1. The summed E-state index contributed by atoms with van der Waals surface area (Å²) in [5.74, 6) is -0.724. The van der Waals surface area contributed by atoms with Gasteiger partial charge >= 0.3 is 11.9 Å². The molecule has 0 radical (unpaired) electrons. The van der Waals surface area contributed by atoms with E-state index >= 15 is 0 Å². The number of aryl methyl sites for hydroxylation is 1. The summed E-state index contributed by atoms with van der Waals surface area (Å²) in [4.78, 5) is 39.6. The van der Waals surface area contributed by atoms with Gasteiger partial charge in [-0.05, 0) is 71.5 Å². The van der Waals surface area contributed by atoms with Crippen molar-refractivity contribution in [3.05, 3.63) is 102 Å². The molecule has 0 saturated heterocycles. The number of nitro groups is 1. The average molecular weight is 584 g/mol. The second-order valence-electron chi connectivity index (χ2n) is 7.43. The molecule has 3 aromatic rings. The highest BCUT2D eigenvalue weighted by Crippen LogP contribution is 2.35. The van der Waals surface area contributed by atoms with Crippen LogP contribution in [0.1, 0.15) is 27.0 Å². The van der Waals surface area contributed by atoms with Crippen LogP contribution in [-0.2, 0) is 9.53 Å². The third-order valence-corrected chi connectivity index (χ3v) is 5.76. The number of non-ortho nitro benzene ring substituents is 1. The number of halogens is 1. The van der Waals surface area contributed by atoms with Crippen LogP contribution in [0, 0.1) is 20.6 Å². The minimum absolute atomic E-state index is 0.00811. The van der Waals surface area contributed by atoms with Crippen molar-refractivity contribution in [3.8, 4) is 11.5 Å². The number of cyclic esters (lactones) is 1. The summed E-state index contributed by atoms with van der Waals surface area (Å²) in [5, 5.41) is 11.0. The van der Waals surface area contributed by atoms with Crippen LogP contribution in [-0.4, -0.2) is 29.9 Å². The standard InChI is InChI=1S/C25H17IN2O7/c1-14-6-8-16(9-7-14)24(29)34-22-19(26)10-15(12-21(22)33-2)11-20-25(30)35-23(27-20)17-4-3-5-18(13-17)28(31)32/h3-13H,1-2H3/b20-11-. The molecule has 0 amide bonds. The molecule has 0 saturated carbocycles. The number of hydrogen-bond donors (Lipinski definition) is 0. The monoisotopic (exact) mass is 584 g/mol. The highest BCUT2D eigenvalue weighted by molar-refractivity contribution is 14.1. The Morgan fingerprint density at radius 1 is 1.14 bits per heavy atom. The lowest BCUT2D eigenvalue weighted by Crippen LogP contribution is -2.10. The second kappa shape index (κ2) is 10.1. The minimum atomic E-state index is -0.699. The molecule has 1 aliphatic heterocycles. The fourth-order valence-corrected chi connectivity index (χ4v) is 3.94. The predicted octanol–water partition coefficient (Wildman–Crippen LogP) is 5.08. The van der Waals surface area contributed by atoms with Gasteiger partial charge < -0.3 is 14.2 Å². The Balaban J connectivity index is 1.62. The third-order valence-electron chi connectivity index (χ3n) is 4.96. The molecule has 0 unspecified atom stereocenters. The van der Waals surface area contributed by atoms with E-state index in [4.69, 9.17) is 14.2 Å². The quantitative estimate of drug-likeness (QED) is 0.0991. The number of carbonyl (C=O) groups is 2. The molecule has 0 bridgehead atoms. The fraction of sp³-hybridized carbons (Fsp3) is 0.0800. The van der Waals surface area contributed by atoms with Crippen LogP contribution in [0.4, 0.5) is 5.69 Å². The lowest BCUT2D eigenvalue weighted by molar-refractivity contribution is -0.384. The van der Waals surface area contributed by atoms with E-state index in [0.717, 1.165) is 5.56 Å². The molecule has 10 heteroatoms. The summed E-state index contributed by atoms with van der Waals surface area (Å²) in [6.45, 7) is 1.92. The number of benzene rings is 3. The van der Waals surface area contributed by atoms with E-state index in [-0.39, 0.29) is 23.0 Å². The smallest absolute Gasteiger partial charge is 0.363 e. The first-order valence-corrected chi connectivity index (χ1v) is 11.3. The van der Waals surface area contributed by atoms with E-state index in [1.165, 1.54) is 31.4 Å². The number of nitrogens with zero attached hydrogens (tertiary/aromatic N) is 2. The van der Waals surface area contributed by atoms with Gasteiger partial charge in [0.05, 0.1) is 21.2 Å². The molecule has 0 atom stereocenters. The average Bonchev–Trinajstić information content (AvgIpc) is 3.21. The maximum Gasteiger partial charge on any atom is 0.363 e. The summed E-state index contributed by atoms with van der Waals surface area (Å²) in [6.07, 6.45) is 1.49. The number of carbonyl (C=O) groups excluding carboxylic acids is 2. The lowest BCUT2D eigenvalue weighted by atomic mass is 10.1. The molecular formula is C25H17IN2O7. The summed E-state index contributed by atoms with van der Waals surface area (Å²) in [6, 6.07) is 15.9. The summed E-state index contributed by atoms with van der Waals surface area (Å²) < 4.78 is 16.8. The molecule has 176 valence electrons. The van der Waals surface area contributed by atoms with E-state index in [1.54, 1.807) is 30.3 Å². The maximum absolute atomic E-state index is 12.6. The zero-order chi connectivity index (χ0) is 25.1. The minimum Gasteiger partial charge on any atom is -0.493 e. The first-order valence-electron chi connectivity index (χ1n) is 10.2. The number of ether oxygens (including phenoxy) is 3. The van der Waals surface area contributed by atoms with Crippen LogP contribution in [0.15, 0.2) is 71.4 Å². The topological polar surface area (TPSA) is 117 Å². The van der Waals surface area contributed by atoms with Crippen LogP contribution < -0.4 is 9.47 Å². The van der Waals surface area contributed by atoms with E-state index in [1.807, 2.05) is 41.6 Å². The van der Waals surface area contributed by atoms with E-state index in [9.17, 15) is 19.7 Å². The summed E-state index contributed by atoms with van der Waals surface area (Å²) in [5.41, 5.74) is 2.14. The first kappa shape index (κ1) is 24.1. The molecule has 1 aliphatic rings. The van der Waals surface area contributed by atoms with Gasteiger partial charge in [-0.25, -0.2) is 14.6 Å². The molecule has 3 aromatic carbocycles. The Kier molecular flexibility index (Phi) is 6.92. The fourth-order valence-electron chi connectivity index (χ4n) is 3.21. The lowest BCUT2D eigenvalue weighted by Gasteiger charge is -2.12. The van der Waals surface area contributed by atoms with Gasteiger partial charge in [0.15, 0.2) is 17.2 Å². The van der Waals surface area contributed by atoms with E-state index < -0.39 is 16.9 Å². The molecule has 35 heavy (non-hydrogen) atoms. The molecule has 1 heterocycles. The number of rotatable bonds is 6. The highest BCUT2D eigenvalue weighted by atomic mass is 127. The molecule has 0 N–H and O–H groups in total. The van der Waals surface area contributed by atoms with Crippen LogP contribution in [0.3, 0.4) is 0 Å². The van der Waals surface area contributed by atoms with Crippen molar-refractivity contribution in [2.75, 3.05) is 7.11 Å². The number of nitro benzene ring substituents is 1. The largest absolute Gasteiger partial charge is 0.493 e. The van der Waals surface area contributed by atoms with Crippen molar-refractivity contribution < 1.29 is 28.7 Å². The Hall–Kier alpha value is -4.06. The van der Waals surface area contributed by atoms with Gasteiger partial charge in [0, 0.05) is 17.7 Å². The predicted molar refractivity (Wildman–Crippen MR) is 136 cm³/mol. The Morgan fingerprint density at radius 2 is 1.89 bits per heavy atom. The number of methoxy groups -OCH3 is 1. The zero-order valence-electron chi connectivity index (χ0n) is 18.5. The number of esters is 2. The van der Waals surface area contributed by atoms with Gasteiger partial charge in [-0.1, -0.05) is 23.8 Å². The Labute approximate surface area is 213 Å². The molecule has 0 spiro atoms. The molecule has 9 nitrogen and oxygen atoms in total. The second-order valence-corrected chi connectivity index (χ2v) is 8.60. The normalized spacial score (nSPS) is 13.9. The number of aliphatic imine (C=N–C) groups is 1. The highest BCUT2D eigenvalue weighted by Gasteiger charge is 2.26. The number of hydrogen-bond acceptors (Lipinski definition) is 8. The summed E-state index contributed by atoms with van der Waals surface area (Å²) >= 11 is 2.01. The molecule has 0 aromatic heterocycles. The first-order chi connectivity index (χ1) is 16.7. The summed E-state index contributed by atoms with van der Waals surface area (Å²) in [7, 11) is 1.44. The van der Waals surface area contributed by atoms with Gasteiger partial charge in [-0.3, -0.25) is 10.1 Å². The molecule has 0 fully saturated rings. The van der Waals surface area contributed by atoms with Crippen molar-refractivity contribution in [2.24, 2.45) is 4.99 Å². The molecule has 4 rings (SSSR count). The van der Waals surface area contributed by atoms with E-state index in [2.05, 4.69) is 4.99 Å². The van der Waals surface area contributed by atoms with Crippen LogP contribution >= 0.6 is 22.6 Å². The van der Waals surface area contributed by atoms with Crippen molar-refractivity contribution in [1.82, 2.24) is 0 Å². The van der Waals surface area contributed by atoms with Gasteiger partial charge in [-0.15, -0.1) is 0 Å². The van der Waals surface area contributed by atoms with Crippen molar-refractivity contribution in [2.45, 2.75) is 6.92 Å². The van der Waals surface area contributed by atoms with Gasteiger partial charge in [0.25, 0.3) is 5.69 Å². The van der Waals surface area contributed by atoms with Crippen molar-refractivity contribution >= 4 is 52.2 Å². The van der Waals surface area contributed by atoms with Gasteiger partial charge in [0.2, 0.25) is 5.90 Å². The zero-order valence-corrected chi connectivity index (χ0v) is 20.6. The molecular weight excluding hydrogens is 567 g/mol. The van der Waals surface area contributed by atoms with Crippen LogP contribution in [0.5, 0.6) is 11.5 Å². The third kappa shape index (κ3) is 5.38. The maximum atomic E-state index is 12.6. The van der Waals surface area contributed by atoms with Crippen LogP contribution in [0.25, 0.3) is 6.08 Å². The van der Waals surface area contributed by atoms with Crippen molar-refractivity contribution in [3.63, 3.8) is 0 Å². The van der Waals surface area contributed by atoms with Crippen LogP contribution in [0.2, 0.25) is 0 Å². The van der Waals surface area contributed by atoms with Gasteiger partial charge in [0.1, 0.15) is 0 Å². The Morgan fingerprint density at radius 3 is 2.57 bits per heavy atom. The van der Waals surface area contributed by atoms with E-state index in [0.29, 0.717) is 26.0 Å². The van der Waals surface area contributed by atoms with Crippen molar-refractivity contribution in [1.29, 1.82) is 0 Å².